The number of nitrogens with one attached hydrogen (secondary N) is 4. The van der Waals surface area contributed by atoms with Gasteiger partial charge in [0.1, 0.15) is 18.1 Å². The van der Waals surface area contributed by atoms with Crippen molar-refractivity contribution in [1.82, 2.24) is 25.9 Å². The van der Waals surface area contributed by atoms with E-state index in [-0.39, 0.29) is 25.7 Å². The van der Waals surface area contributed by atoms with E-state index < -0.39 is 53.8 Å². The lowest BCUT2D eigenvalue weighted by atomic mass is 10.1. The zero-order chi connectivity index (χ0) is 25.7. The summed E-state index contributed by atoms with van der Waals surface area (Å²) in [5.41, 5.74) is 16.8. The minimum Gasteiger partial charge on any atom is -0.480 e. The molecule has 0 aromatic carbocycles. The number of hydrogen-bond acceptors (Lipinski definition) is 8. The third kappa shape index (κ3) is 10.4. The Morgan fingerprint density at radius 2 is 1.71 bits per heavy atom. The van der Waals surface area contributed by atoms with Crippen LogP contribution in [0.4, 0.5) is 0 Å². The Labute approximate surface area is 196 Å². The van der Waals surface area contributed by atoms with Gasteiger partial charge in [0.15, 0.2) is 0 Å². The van der Waals surface area contributed by atoms with Gasteiger partial charge in [0.05, 0.1) is 12.4 Å². The van der Waals surface area contributed by atoms with E-state index in [9.17, 15) is 29.1 Å². The van der Waals surface area contributed by atoms with E-state index in [1.165, 1.54) is 19.4 Å². The van der Waals surface area contributed by atoms with Gasteiger partial charge in [-0.05, 0) is 39.2 Å². The standard InChI is InChI=1S/C20H34N8O6/c1-11(17(30)27-14(20(33)34)4-2-3-7-21)26-19(32)15(8-12-9-24-10-25-12)28-18(31)13(22)5-6-16(23)29/h9-11,13-15H,2-8,21-22H2,1H3,(H2,23,29)(H,24,25)(H,26,32)(H,27,30)(H,28,31)(H,33,34). The predicted molar refractivity (Wildman–Crippen MR) is 121 cm³/mol. The lowest BCUT2D eigenvalue weighted by molar-refractivity contribution is -0.142. The number of hydrogen-bond donors (Lipinski definition) is 8. The van der Waals surface area contributed by atoms with Gasteiger partial charge in [-0.15, -0.1) is 0 Å². The van der Waals surface area contributed by atoms with Crippen molar-refractivity contribution < 1.29 is 29.1 Å². The summed E-state index contributed by atoms with van der Waals surface area (Å²) in [6.45, 7) is 1.79. The van der Waals surface area contributed by atoms with Crippen LogP contribution in [0.15, 0.2) is 12.5 Å². The second-order valence-electron chi connectivity index (χ2n) is 7.87. The van der Waals surface area contributed by atoms with Gasteiger partial charge in [0.2, 0.25) is 23.6 Å². The summed E-state index contributed by atoms with van der Waals surface area (Å²) in [6.07, 6.45) is 4.11. The summed E-state index contributed by atoms with van der Waals surface area (Å²) in [7, 11) is 0. The number of nitrogens with zero attached hydrogens (tertiary/aromatic N) is 1. The Morgan fingerprint density at radius 1 is 1.03 bits per heavy atom. The molecule has 190 valence electrons. The summed E-state index contributed by atoms with van der Waals surface area (Å²) in [5.74, 6) is -3.87. The van der Waals surface area contributed by atoms with Gasteiger partial charge in [-0.2, -0.15) is 0 Å². The number of carbonyl (C=O) groups is 5. The molecule has 1 aromatic rings. The van der Waals surface area contributed by atoms with E-state index in [1.807, 2.05) is 0 Å². The number of carboxylic acids is 1. The fourth-order valence-electron chi connectivity index (χ4n) is 2.96. The smallest absolute Gasteiger partial charge is 0.326 e. The first-order valence-corrected chi connectivity index (χ1v) is 10.9. The van der Waals surface area contributed by atoms with E-state index in [0.29, 0.717) is 25.1 Å². The van der Waals surface area contributed by atoms with Crippen LogP contribution < -0.4 is 33.2 Å². The summed E-state index contributed by atoms with van der Waals surface area (Å²) < 4.78 is 0. The van der Waals surface area contributed by atoms with Gasteiger partial charge < -0.3 is 43.2 Å². The number of imidazole rings is 1. The number of unbranched alkanes of at least 4 members (excludes halogenated alkanes) is 1. The van der Waals surface area contributed by atoms with Crippen molar-refractivity contribution in [3.63, 3.8) is 0 Å². The van der Waals surface area contributed by atoms with Crippen LogP contribution in [0.3, 0.4) is 0 Å². The maximum atomic E-state index is 12.9. The predicted octanol–water partition coefficient (Wildman–Crippen LogP) is -2.77. The molecule has 0 radical (unpaired) electrons. The molecule has 14 heteroatoms. The molecule has 0 bridgehead atoms. The molecule has 0 saturated carbocycles. The zero-order valence-electron chi connectivity index (χ0n) is 19.1. The maximum Gasteiger partial charge on any atom is 0.326 e. The number of aliphatic carboxylic acids is 1. The number of nitrogens with two attached hydrogens (primary N) is 3. The van der Waals surface area contributed by atoms with Gasteiger partial charge in [-0.3, -0.25) is 19.2 Å². The van der Waals surface area contributed by atoms with Crippen LogP contribution in [-0.2, 0) is 30.4 Å². The molecular formula is C20H34N8O6. The molecule has 4 unspecified atom stereocenters. The zero-order valence-corrected chi connectivity index (χ0v) is 19.1. The van der Waals surface area contributed by atoms with Crippen molar-refractivity contribution in [3.05, 3.63) is 18.2 Å². The monoisotopic (exact) mass is 482 g/mol. The molecule has 11 N–H and O–H groups in total. The third-order valence-corrected chi connectivity index (χ3v) is 4.96. The number of amides is 4. The lowest BCUT2D eigenvalue weighted by Crippen LogP contribution is -2.57. The Balaban J connectivity index is 2.79. The molecule has 34 heavy (non-hydrogen) atoms. The Hall–Kier alpha value is -3.52. The van der Waals surface area contributed by atoms with Crippen molar-refractivity contribution >= 4 is 29.6 Å². The van der Waals surface area contributed by atoms with Gasteiger partial charge in [0.25, 0.3) is 0 Å². The molecule has 4 atom stereocenters. The van der Waals surface area contributed by atoms with E-state index in [0.717, 1.165) is 0 Å². The first-order chi connectivity index (χ1) is 16.0. The Bertz CT molecular complexity index is 831. The van der Waals surface area contributed by atoms with E-state index in [2.05, 4.69) is 25.9 Å². The molecule has 0 aliphatic heterocycles. The van der Waals surface area contributed by atoms with E-state index in [1.54, 1.807) is 0 Å². The lowest BCUT2D eigenvalue weighted by Gasteiger charge is -2.23. The molecule has 0 spiro atoms. The van der Waals surface area contributed by atoms with Crippen molar-refractivity contribution in [2.24, 2.45) is 17.2 Å². The molecule has 4 amide bonds. The average Bonchev–Trinajstić information content (AvgIpc) is 3.29. The average molecular weight is 483 g/mol. The van der Waals surface area contributed by atoms with Gasteiger partial charge in [-0.25, -0.2) is 9.78 Å². The number of aromatic nitrogens is 2. The third-order valence-electron chi connectivity index (χ3n) is 4.96. The second kappa shape index (κ2) is 14.6. The number of primary amides is 1. The fraction of sp³-hybridized carbons (Fsp3) is 0.600. The van der Waals surface area contributed by atoms with Crippen LogP contribution in [0.25, 0.3) is 0 Å². The SMILES string of the molecule is CC(NC(=O)C(Cc1cnc[nH]1)NC(=O)C(N)CCC(N)=O)C(=O)NC(CCCCN)C(=O)O. The Morgan fingerprint density at radius 3 is 2.26 bits per heavy atom. The van der Waals surface area contributed by atoms with Gasteiger partial charge in [0, 0.05) is 24.7 Å². The summed E-state index contributed by atoms with van der Waals surface area (Å²) in [4.78, 5) is 66.7. The largest absolute Gasteiger partial charge is 0.480 e. The van der Waals surface area contributed by atoms with Crippen molar-refractivity contribution in [3.8, 4) is 0 Å². The molecule has 0 saturated heterocycles. The molecule has 14 nitrogen and oxygen atoms in total. The number of H-pyrrole nitrogens is 1. The summed E-state index contributed by atoms with van der Waals surface area (Å²) in [5, 5.41) is 16.7. The normalized spacial score (nSPS) is 14.3. The highest BCUT2D eigenvalue weighted by Crippen LogP contribution is 2.04. The second-order valence-corrected chi connectivity index (χ2v) is 7.87. The minimum atomic E-state index is -1.20. The van der Waals surface area contributed by atoms with Crippen LogP contribution in [0.2, 0.25) is 0 Å². The van der Waals surface area contributed by atoms with Crippen molar-refractivity contribution in [1.29, 1.82) is 0 Å². The number of aromatic amines is 1. The van der Waals surface area contributed by atoms with Crippen LogP contribution >= 0.6 is 0 Å². The topological polar surface area (TPSA) is 248 Å². The number of rotatable bonds is 16. The van der Waals surface area contributed by atoms with Crippen LogP contribution in [0, 0.1) is 0 Å². The van der Waals surface area contributed by atoms with E-state index >= 15 is 0 Å². The van der Waals surface area contributed by atoms with Gasteiger partial charge >= 0.3 is 5.97 Å². The number of carboxylic acid groups (broad SMARTS) is 1. The summed E-state index contributed by atoms with van der Waals surface area (Å²) in [6, 6.07) is -4.41. The highest BCUT2D eigenvalue weighted by atomic mass is 16.4. The fourth-order valence-corrected chi connectivity index (χ4v) is 2.96. The first kappa shape index (κ1) is 28.5. The molecule has 0 fully saturated rings. The highest BCUT2D eigenvalue weighted by molar-refractivity contribution is 5.94. The molecule has 0 aliphatic rings. The van der Waals surface area contributed by atoms with Gasteiger partial charge in [-0.1, -0.05) is 0 Å². The molecule has 1 rings (SSSR count). The molecule has 0 aliphatic carbocycles. The van der Waals surface area contributed by atoms with Crippen LogP contribution in [-0.4, -0.2) is 75.4 Å². The quantitative estimate of drug-likeness (QED) is 0.113. The molecule has 1 aromatic heterocycles. The molecular weight excluding hydrogens is 448 g/mol. The first-order valence-electron chi connectivity index (χ1n) is 10.9. The highest BCUT2D eigenvalue weighted by Gasteiger charge is 2.28. The van der Waals surface area contributed by atoms with Crippen molar-refractivity contribution in [2.45, 2.75) is 69.6 Å². The number of carbonyl (C=O) groups excluding carboxylic acids is 4. The van der Waals surface area contributed by atoms with E-state index in [4.69, 9.17) is 17.2 Å². The maximum absolute atomic E-state index is 12.9. The van der Waals surface area contributed by atoms with Crippen LogP contribution in [0.5, 0.6) is 0 Å². The van der Waals surface area contributed by atoms with Crippen LogP contribution in [0.1, 0.15) is 44.7 Å². The van der Waals surface area contributed by atoms with Crippen molar-refractivity contribution in [2.75, 3.05) is 6.54 Å². The molecule has 1 heterocycles. The Kier molecular flexibility index (Phi) is 12.2. The minimum absolute atomic E-state index is 0.000888. The summed E-state index contributed by atoms with van der Waals surface area (Å²) >= 11 is 0.